The Balaban J connectivity index is 1.91. The van der Waals surface area contributed by atoms with Crippen LogP contribution in [0.15, 0.2) is 42.5 Å². The number of hydrogen-bond acceptors (Lipinski definition) is 5. The number of nitrogens with zero attached hydrogens (tertiary/aromatic N) is 3. The normalized spacial score (nSPS) is 14.2. The Morgan fingerprint density at radius 1 is 1.29 bits per heavy atom. The molecule has 0 aromatic heterocycles. The van der Waals surface area contributed by atoms with Crippen LogP contribution in [0.1, 0.15) is 18.4 Å². The molecule has 1 aliphatic heterocycles. The molecule has 6 nitrogen and oxygen atoms in total. The quantitative estimate of drug-likeness (QED) is 0.426. The highest BCUT2D eigenvalue weighted by molar-refractivity contribution is 6.45. The molecule has 0 spiro atoms. The van der Waals surface area contributed by atoms with Crippen molar-refractivity contribution in [3.8, 4) is 17.2 Å². The molecule has 1 heterocycles. The Hall–Kier alpha value is -3.11. The first kappa shape index (κ1) is 19.7. The monoisotopic (exact) mass is 372 g/mol. The van der Waals surface area contributed by atoms with E-state index in [1.54, 1.807) is 11.9 Å². The number of nitriles is 1. The number of benzene rings is 2. The van der Waals surface area contributed by atoms with Gasteiger partial charge in [0.25, 0.3) is 0 Å². The van der Waals surface area contributed by atoms with Crippen molar-refractivity contribution in [1.82, 2.24) is 4.90 Å². The van der Waals surface area contributed by atoms with Gasteiger partial charge in [0, 0.05) is 31.6 Å². The van der Waals surface area contributed by atoms with Crippen molar-refractivity contribution in [3.63, 3.8) is 0 Å². The van der Waals surface area contributed by atoms with Crippen molar-refractivity contribution in [2.24, 2.45) is 5.92 Å². The van der Waals surface area contributed by atoms with Crippen molar-refractivity contribution >= 4 is 30.8 Å². The van der Waals surface area contributed by atoms with Crippen LogP contribution < -0.4 is 10.4 Å². The molecule has 141 valence electrons. The molecular formula is C21H23BN5O. The second kappa shape index (κ2) is 8.72. The summed E-state index contributed by atoms with van der Waals surface area (Å²) in [6, 6.07) is 15.6. The van der Waals surface area contributed by atoms with Crippen LogP contribution in [0.5, 0.6) is 0 Å². The molecule has 3 N–H and O–H groups in total. The van der Waals surface area contributed by atoms with Gasteiger partial charge in [0.1, 0.15) is 11.9 Å². The third-order valence-corrected chi connectivity index (χ3v) is 5.27. The lowest BCUT2D eigenvalue weighted by Gasteiger charge is -2.36. The highest BCUT2D eigenvalue weighted by Crippen LogP contribution is 2.36. The predicted molar refractivity (Wildman–Crippen MR) is 113 cm³/mol. The third-order valence-electron chi connectivity index (χ3n) is 5.27. The molecule has 1 radical (unpaired) electrons. The maximum atomic E-state index is 9.68. The summed E-state index contributed by atoms with van der Waals surface area (Å²) in [5.41, 5.74) is 4.17. The molecule has 0 aliphatic carbocycles. The number of hydrogen-bond donors (Lipinski definition) is 3. The van der Waals surface area contributed by atoms with Crippen LogP contribution >= 0.6 is 0 Å². The predicted octanol–water partition coefficient (Wildman–Crippen LogP) is 2.19. The van der Waals surface area contributed by atoms with Crippen LogP contribution in [0.3, 0.4) is 0 Å². The standard InChI is InChI=1S/C21H23BN5O/c1-26(14-24)21(25)15-8-10-27(11-9-15)20-17(13-23)5-3-7-19(20)16-4-2-6-18(12-16)22-28/h2-7,12,14-15,24-25,28H,8-11H2,1H3. The third kappa shape index (κ3) is 3.92. The molecule has 3 rings (SSSR count). The van der Waals surface area contributed by atoms with Crippen LogP contribution in [-0.4, -0.2) is 49.7 Å². The van der Waals surface area contributed by atoms with E-state index in [1.165, 1.54) is 6.34 Å². The molecule has 7 heteroatoms. The lowest BCUT2D eigenvalue weighted by molar-refractivity contribution is 0.473. The van der Waals surface area contributed by atoms with E-state index in [0.29, 0.717) is 16.9 Å². The molecule has 0 bridgehead atoms. The SMILES string of the molecule is CN(C=N)C(=N)C1CCN(c2c(C#N)cccc2-c2cccc([B]O)c2)CC1. The zero-order valence-corrected chi connectivity index (χ0v) is 15.9. The molecule has 2 aromatic carbocycles. The van der Waals surface area contributed by atoms with E-state index < -0.39 is 0 Å². The van der Waals surface area contributed by atoms with Gasteiger partial charge in [-0.1, -0.05) is 41.9 Å². The zero-order valence-electron chi connectivity index (χ0n) is 15.9. The first-order valence-corrected chi connectivity index (χ1v) is 9.26. The maximum Gasteiger partial charge on any atom is 0.326 e. The summed E-state index contributed by atoms with van der Waals surface area (Å²) in [7, 11) is 2.81. The Kier molecular flexibility index (Phi) is 6.12. The fourth-order valence-corrected chi connectivity index (χ4v) is 3.73. The highest BCUT2D eigenvalue weighted by atomic mass is 16.2. The molecule has 0 amide bonds. The van der Waals surface area contributed by atoms with E-state index in [-0.39, 0.29) is 5.92 Å². The average Bonchev–Trinajstić information content (AvgIpc) is 2.77. The Bertz CT molecular complexity index is 915. The van der Waals surface area contributed by atoms with Crippen molar-refractivity contribution < 1.29 is 5.02 Å². The minimum absolute atomic E-state index is 0.118. The Labute approximate surface area is 166 Å². The van der Waals surface area contributed by atoms with Gasteiger partial charge in [-0.25, -0.2) is 0 Å². The van der Waals surface area contributed by atoms with Gasteiger partial charge >= 0.3 is 7.48 Å². The minimum atomic E-state index is 0.118. The molecule has 1 fully saturated rings. The second-order valence-electron chi connectivity index (χ2n) is 6.95. The van der Waals surface area contributed by atoms with Crippen molar-refractivity contribution in [1.29, 1.82) is 16.1 Å². The van der Waals surface area contributed by atoms with E-state index in [1.807, 2.05) is 42.5 Å². The minimum Gasteiger partial charge on any atom is -0.450 e. The van der Waals surface area contributed by atoms with Crippen LogP contribution in [0.25, 0.3) is 11.1 Å². The molecule has 0 atom stereocenters. The van der Waals surface area contributed by atoms with E-state index in [9.17, 15) is 10.3 Å². The molecule has 0 unspecified atom stereocenters. The zero-order chi connectivity index (χ0) is 20.1. The fraction of sp³-hybridized carbons (Fsp3) is 0.286. The Morgan fingerprint density at radius 3 is 2.64 bits per heavy atom. The largest absolute Gasteiger partial charge is 0.450 e. The van der Waals surface area contributed by atoms with Crippen molar-refractivity contribution in [3.05, 3.63) is 48.0 Å². The van der Waals surface area contributed by atoms with Crippen LogP contribution in [0.2, 0.25) is 0 Å². The van der Waals surface area contributed by atoms with Gasteiger partial charge in [-0.05, 0) is 24.5 Å². The van der Waals surface area contributed by atoms with Gasteiger partial charge in [0.15, 0.2) is 0 Å². The number of rotatable bonds is 5. The number of anilines is 1. The molecular weight excluding hydrogens is 349 g/mol. The molecule has 1 aliphatic rings. The Morgan fingerprint density at radius 2 is 2.00 bits per heavy atom. The number of piperidine rings is 1. The summed E-state index contributed by atoms with van der Waals surface area (Å²) in [4.78, 5) is 3.77. The van der Waals surface area contributed by atoms with Crippen LogP contribution in [0, 0.1) is 28.1 Å². The highest BCUT2D eigenvalue weighted by Gasteiger charge is 2.27. The van der Waals surface area contributed by atoms with Gasteiger partial charge in [-0.3, -0.25) is 10.8 Å². The first-order valence-electron chi connectivity index (χ1n) is 9.26. The van der Waals surface area contributed by atoms with Crippen LogP contribution in [-0.2, 0) is 0 Å². The molecule has 28 heavy (non-hydrogen) atoms. The molecule has 2 aromatic rings. The first-order chi connectivity index (χ1) is 13.6. The van der Waals surface area contributed by atoms with Crippen molar-refractivity contribution in [2.75, 3.05) is 25.0 Å². The lowest BCUT2D eigenvalue weighted by atomic mass is 9.85. The summed E-state index contributed by atoms with van der Waals surface area (Å²) in [6.45, 7) is 1.49. The maximum absolute atomic E-state index is 9.68. The number of amidine groups is 1. The van der Waals surface area contributed by atoms with E-state index in [0.717, 1.165) is 50.2 Å². The second-order valence-corrected chi connectivity index (χ2v) is 6.95. The van der Waals surface area contributed by atoms with Crippen LogP contribution in [0.4, 0.5) is 5.69 Å². The average molecular weight is 372 g/mol. The van der Waals surface area contributed by atoms with Gasteiger partial charge < -0.3 is 14.8 Å². The smallest absolute Gasteiger partial charge is 0.326 e. The van der Waals surface area contributed by atoms with E-state index in [2.05, 4.69) is 11.0 Å². The van der Waals surface area contributed by atoms with E-state index >= 15 is 0 Å². The topological polar surface area (TPSA) is 98.2 Å². The summed E-state index contributed by atoms with van der Waals surface area (Å²) < 4.78 is 0. The summed E-state index contributed by atoms with van der Waals surface area (Å²) in [5.74, 6) is 0.586. The molecule has 1 saturated heterocycles. The van der Waals surface area contributed by atoms with Gasteiger partial charge in [-0.15, -0.1) is 0 Å². The number of para-hydroxylation sites is 1. The molecule has 0 saturated carbocycles. The van der Waals surface area contributed by atoms with Gasteiger partial charge in [-0.2, -0.15) is 5.26 Å². The van der Waals surface area contributed by atoms with E-state index in [4.69, 9.17) is 10.8 Å². The van der Waals surface area contributed by atoms with Gasteiger partial charge in [0.2, 0.25) is 0 Å². The summed E-state index contributed by atoms with van der Waals surface area (Å²) in [6.07, 6.45) is 2.78. The van der Waals surface area contributed by atoms with Crippen molar-refractivity contribution in [2.45, 2.75) is 12.8 Å². The summed E-state index contributed by atoms with van der Waals surface area (Å²) in [5, 5.41) is 34.6. The van der Waals surface area contributed by atoms with Gasteiger partial charge in [0.05, 0.1) is 17.6 Å². The summed E-state index contributed by atoms with van der Waals surface area (Å²) >= 11 is 0. The number of nitrogens with one attached hydrogen (secondary N) is 2. The fourth-order valence-electron chi connectivity index (χ4n) is 3.73. The lowest BCUT2D eigenvalue weighted by Crippen LogP contribution is -2.41.